The van der Waals surface area contributed by atoms with Gasteiger partial charge in [0.15, 0.2) is 0 Å². The van der Waals surface area contributed by atoms with Crippen LogP contribution in [0, 0.1) is 0 Å². The Morgan fingerprint density at radius 2 is 2.00 bits per heavy atom. The molecule has 1 aliphatic heterocycles. The minimum absolute atomic E-state index is 0.715. The van der Waals surface area contributed by atoms with Crippen LogP contribution < -0.4 is 5.32 Å². The minimum Gasteiger partial charge on any atom is -0.311 e. The molecule has 1 saturated heterocycles. The number of nitrogens with zero attached hydrogens (tertiary/aromatic N) is 1. The molecule has 0 aliphatic carbocycles. The molecule has 0 radical (unpaired) electrons. The summed E-state index contributed by atoms with van der Waals surface area (Å²) in [6, 6.07) is 2.23. The van der Waals surface area contributed by atoms with Gasteiger partial charge in [0, 0.05) is 31.2 Å². The van der Waals surface area contributed by atoms with Crippen LogP contribution in [0.15, 0.2) is 0 Å². The summed E-state index contributed by atoms with van der Waals surface area (Å²) in [4.78, 5) is 2.73. The summed E-state index contributed by atoms with van der Waals surface area (Å²) >= 11 is 0. The van der Waals surface area contributed by atoms with Gasteiger partial charge >= 0.3 is 0 Å². The largest absolute Gasteiger partial charge is 0.311 e. The standard InChI is InChI=1S/C13H28N2/c1-5-8-11(4)15-10-12(6-2)14-9-13(15)7-3/h11-14H,5-10H2,1-4H3. The maximum absolute atomic E-state index is 3.66. The summed E-state index contributed by atoms with van der Waals surface area (Å²) in [5, 5.41) is 3.66. The van der Waals surface area contributed by atoms with E-state index < -0.39 is 0 Å². The summed E-state index contributed by atoms with van der Waals surface area (Å²) in [7, 11) is 0. The van der Waals surface area contributed by atoms with Gasteiger partial charge in [-0.05, 0) is 26.2 Å². The maximum atomic E-state index is 3.66. The van der Waals surface area contributed by atoms with E-state index in [2.05, 4.69) is 37.9 Å². The van der Waals surface area contributed by atoms with Gasteiger partial charge in [-0.3, -0.25) is 4.90 Å². The van der Waals surface area contributed by atoms with Gasteiger partial charge < -0.3 is 5.32 Å². The Labute approximate surface area is 95.4 Å². The Kier molecular flexibility index (Phi) is 5.62. The van der Waals surface area contributed by atoms with Gasteiger partial charge in [0.05, 0.1) is 0 Å². The molecule has 0 bridgehead atoms. The van der Waals surface area contributed by atoms with Gasteiger partial charge in [-0.15, -0.1) is 0 Å². The highest BCUT2D eigenvalue weighted by Gasteiger charge is 2.28. The highest BCUT2D eigenvalue weighted by Crippen LogP contribution is 2.17. The molecule has 0 aromatic heterocycles. The second-order valence-electron chi connectivity index (χ2n) is 4.91. The summed E-state index contributed by atoms with van der Waals surface area (Å²) in [5.74, 6) is 0. The van der Waals surface area contributed by atoms with E-state index in [4.69, 9.17) is 0 Å². The van der Waals surface area contributed by atoms with Crippen molar-refractivity contribution in [1.82, 2.24) is 10.2 Å². The van der Waals surface area contributed by atoms with E-state index in [9.17, 15) is 0 Å². The lowest BCUT2D eigenvalue weighted by atomic mass is 10.0. The van der Waals surface area contributed by atoms with Crippen molar-refractivity contribution in [1.29, 1.82) is 0 Å². The lowest BCUT2D eigenvalue weighted by Gasteiger charge is -2.43. The van der Waals surface area contributed by atoms with Crippen LogP contribution in [-0.2, 0) is 0 Å². The van der Waals surface area contributed by atoms with Gasteiger partial charge in [0.25, 0.3) is 0 Å². The molecule has 3 unspecified atom stereocenters. The van der Waals surface area contributed by atoms with Crippen LogP contribution in [0.5, 0.6) is 0 Å². The highest BCUT2D eigenvalue weighted by molar-refractivity contribution is 4.87. The SMILES string of the molecule is CCCC(C)N1CC(CC)NCC1CC. The molecule has 0 spiro atoms. The minimum atomic E-state index is 0.715. The number of hydrogen-bond donors (Lipinski definition) is 1. The average Bonchev–Trinajstić information content (AvgIpc) is 2.28. The molecule has 1 N–H and O–H groups in total. The van der Waals surface area contributed by atoms with Crippen molar-refractivity contribution in [3.63, 3.8) is 0 Å². The molecule has 90 valence electrons. The smallest absolute Gasteiger partial charge is 0.0221 e. The van der Waals surface area contributed by atoms with Gasteiger partial charge in [-0.2, -0.15) is 0 Å². The van der Waals surface area contributed by atoms with E-state index in [1.807, 2.05) is 0 Å². The zero-order valence-corrected chi connectivity index (χ0v) is 10.9. The van der Waals surface area contributed by atoms with Crippen molar-refractivity contribution in [2.75, 3.05) is 13.1 Å². The molecule has 0 aromatic rings. The number of piperazine rings is 1. The van der Waals surface area contributed by atoms with E-state index in [1.165, 1.54) is 38.8 Å². The third-order valence-corrected chi connectivity index (χ3v) is 3.78. The van der Waals surface area contributed by atoms with Crippen LogP contribution in [0.3, 0.4) is 0 Å². The summed E-state index contributed by atoms with van der Waals surface area (Å²) < 4.78 is 0. The normalized spacial score (nSPS) is 30.4. The first-order chi connectivity index (χ1) is 7.22. The molecular weight excluding hydrogens is 184 g/mol. The maximum Gasteiger partial charge on any atom is 0.0221 e. The topological polar surface area (TPSA) is 15.3 Å². The first-order valence-corrected chi connectivity index (χ1v) is 6.71. The molecule has 1 fully saturated rings. The van der Waals surface area contributed by atoms with E-state index in [0.717, 1.165) is 12.1 Å². The molecule has 2 nitrogen and oxygen atoms in total. The Hall–Kier alpha value is -0.0800. The third-order valence-electron chi connectivity index (χ3n) is 3.78. The van der Waals surface area contributed by atoms with E-state index in [0.29, 0.717) is 6.04 Å². The quantitative estimate of drug-likeness (QED) is 0.753. The van der Waals surface area contributed by atoms with E-state index in [-0.39, 0.29) is 0 Å². The fourth-order valence-electron chi connectivity index (χ4n) is 2.66. The van der Waals surface area contributed by atoms with Crippen LogP contribution in [-0.4, -0.2) is 36.1 Å². The predicted molar refractivity (Wildman–Crippen MR) is 67.2 cm³/mol. The second-order valence-corrected chi connectivity index (χ2v) is 4.91. The van der Waals surface area contributed by atoms with E-state index in [1.54, 1.807) is 0 Å². The van der Waals surface area contributed by atoms with Crippen molar-refractivity contribution in [2.45, 2.75) is 71.5 Å². The highest BCUT2D eigenvalue weighted by atomic mass is 15.2. The Balaban J connectivity index is 2.54. The number of rotatable bonds is 5. The third kappa shape index (κ3) is 3.46. The van der Waals surface area contributed by atoms with Crippen molar-refractivity contribution in [3.8, 4) is 0 Å². The Bertz CT molecular complexity index is 170. The molecular formula is C13H28N2. The molecule has 0 amide bonds. The zero-order chi connectivity index (χ0) is 11.3. The molecule has 1 heterocycles. The fourth-order valence-corrected chi connectivity index (χ4v) is 2.66. The van der Waals surface area contributed by atoms with Gasteiger partial charge in [-0.25, -0.2) is 0 Å². The Morgan fingerprint density at radius 3 is 2.53 bits per heavy atom. The molecule has 3 atom stereocenters. The molecule has 0 aromatic carbocycles. The average molecular weight is 212 g/mol. The van der Waals surface area contributed by atoms with Crippen LogP contribution in [0.25, 0.3) is 0 Å². The Morgan fingerprint density at radius 1 is 1.27 bits per heavy atom. The first-order valence-electron chi connectivity index (χ1n) is 6.71. The van der Waals surface area contributed by atoms with Crippen molar-refractivity contribution in [3.05, 3.63) is 0 Å². The molecule has 1 aliphatic rings. The van der Waals surface area contributed by atoms with Crippen LogP contribution >= 0.6 is 0 Å². The predicted octanol–water partition coefficient (Wildman–Crippen LogP) is 2.64. The van der Waals surface area contributed by atoms with Crippen LogP contribution in [0.4, 0.5) is 0 Å². The van der Waals surface area contributed by atoms with Crippen molar-refractivity contribution < 1.29 is 0 Å². The molecule has 1 rings (SSSR count). The number of nitrogens with one attached hydrogen (secondary N) is 1. The summed E-state index contributed by atoms with van der Waals surface area (Å²) in [5.41, 5.74) is 0. The second kappa shape index (κ2) is 6.49. The lowest BCUT2D eigenvalue weighted by molar-refractivity contribution is 0.0808. The van der Waals surface area contributed by atoms with Crippen LogP contribution in [0.1, 0.15) is 53.4 Å². The van der Waals surface area contributed by atoms with Crippen LogP contribution in [0.2, 0.25) is 0 Å². The van der Waals surface area contributed by atoms with Gasteiger partial charge in [0.2, 0.25) is 0 Å². The van der Waals surface area contributed by atoms with Crippen molar-refractivity contribution in [2.24, 2.45) is 0 Å². The monoisotopic (exact) mass is 212 g/mol. The summed E-state index contributed by atoms with van der Waals surface area (Å²) in [6.07, 6.45) is 5.18. The molecule has 2 heteroatoms. The van der Waals surface area contributed by atoms with Crippen molar-refractivity contribution >= 4 is 0 Å². The van der Waals surface area contributed by atoms with E-state index >= 15 is 0 Å². The van der Waals surface area contributed by atoms with Gasteiger partial charge in [0.1, 0.15) is 0 Å². The first kappa shape index (κ1) is 13.0. The lowest BCUT2D eigenvalue weighted by Crippen LogP contribution is -2.58. The summed E-state index contributed by atoms with van der Waals surface area (Å²) in [6.45, 7) is 11.7. The fraction of sp³-hybridized carbons (Fsp3) is 1.00. The molecule has 0 saturated carbocycles. The zero-order valence-electron chi connectivity index (χ0n) is 10.9. The van der Waals surface area contributed by atoms with Gasteiger partial charge in [-0.1, -0.05) is 27.2 Å². The molecule has 15 heavy (non-hydrogen) atoms. The number of hydrogen-bond acceptors (Lipinski definition) is 2.